The fourth-order valence-electron chi connectivity index (χ4n) is 2.67. The Hall–Kier alpha value is -2.76. The van der Waals surface area contributed by atoms with Crippen LogP contribution < -0.4 is 10.6 Å². The molecule has 148 valence electrons. The van der Waals surface area contributed by atoms with Crippen LogP contribution in [0.3, 0.4) is 0 Å². The Morgan fingerprint density at radius 1 is 0.966 bits per heavy atom. The van der Waals surface area contributed by atoms with E-state index in [2.05, 4.69) is 10.6 Å². The van der Waals surface area contributed by atoms with E-state index in [1.165, 1.54) is 24.2 Å². The first-order chi connectivity index (χ1) is 13.9. The molecule has 0 atom stereocenters. The van der Waals surface area contributed by atoms with Gasteiger partial charge in [-0.2, -0.15) is 0 Å². The quantitative estimate of drug-likeness (QED) is 0.534. The van der Waals surface area contributed by atoms with Crippen molar-refractivity contribution in [1.29, 1.82) is 0 Å². The first kappa shape index (κ1) is 21.0. The van der Waals surface area contributed by atoms with Crippen LogP contribution in [-0.4, -0.2) is 11.8 Å². The second-order valence-corrected chi connectivity index (χ2v) is 8.17. The summed E-state index contributed by atoms with van der Waals surface area (Å²) in [6.45, 7) is 3.91. The highest BCUT2D eigenvalue weighted by Gasteiger charge is 2.12. The number of anilines is 1. The average Bonchev–Trinajstić information content (AvgIpc) is 2.70. The first-order valence-corrected chi connectivity index (χ1v) is 10.3. The third-order valence-electron chi connectivity index (χ3n) is 4.17. The zero-order valence-corrected chi connectivity index (χ0v) is 17.7. The lowest BCUT2D eigenvalue weighted by atomic mass is 10.1. The number of rotatable bonds is 6. The minimum atomic E-state index is -0.194. The molecule has 3 aromatic rings. The second kappa shape index (κ2) is 9.63. The van der Waals surface area contributed by atoms with Gasteiger partial charge in [0.05, 0.1) is 5.69 Å². The fraction of sp³-hybridized carbons (Fsp3) is 0.130. The predicted molar refractivity (Wildman–Crippen MR) is 119 cm³/mol. The summed E-state index contributed by atoms with van der Waals surface area (Å²) in [5, 5.41) is 6.40. The van der Waals surface area contributed by atoms with E-state index in [9.17, 15) is 9.59 Å². The molecule has 4 nitrogen and oxygen atoms in total. The van der Waals surface area contributed by atoms with Crippen LogP contribution in [0.1, 0.15) is 28.4 Å². The van der Waals surface area contributed by atoms with Gasteiger partial charge >= 0.3 is 0 Å². The molecule has 0 aromatic heterocycles. The highest BCUT2D eigenvalue weighted by atomic mass is 35.5. The largest absolute Gasteiger partial charge is 0.348 e. The summed E-state index contributed by atoms with van der Waals surface area (Å²) in [6, 6.07) is 20.7. The van der Waals surface area contributed by atoms with Crippen molar-refractivity contribution in [3.63, 3.8) is 0 Å². The number of halogens is 1. The maximum atomic E-state index is 12.6. The molecule has 2 N–H and O–H groups in total. The van der Waals surface area contributed by atoms with Gasteiger partial charge in [-0.15, -0.1) is 0 Å². The lowest BCUT2D eigenvalue weighted by molar-refractivity contribution is -0.114. The third kappa shape index (κ3) is 6.11. The van der Waals surface area contributed by atoms with E-state index in [0.29, 0.717) is 22.8 Å². The van der Waals surface area contributed by atoms with Gasteiger partial charge in [-0.3, -0.25) is 9.59 Å². The van der Waals surface area contributed by atoms with Crippen LogP contribution >= 0.6 is 23.4 Å². The van der Waals surface area contributed by atoms with Gasteiger partial charge < -0.3 is 10.6 Å². The topological polar surface area (TPSA) is 58.2 Å². The van der Waals surface area contributed by atoms with Gasteiger partial charge in [-0.1, -0.05) is 53.2 Å². The van der Waals surface area contributed by atoms with E-state index in [1.54, 1.807) is 12.1 Å². The Kier molecular flexibility index (Phi) is 6.96. The smallest absolute Gasteiger partial charge is 0.251 e. The van der Waals surface area contributed by atoms with E-state index >= 15 is 0 Å². The van der Waals surface area contributed by atoms with Crippen LogP contribution in [-0.2, 0) is 11.3 Å². The molecule has 2 amide bonds. The summed E-state index contributed by atoms with van der Waals surface area (Å²) in [4.78, 5) is 26.1. The van der Waals surface area contributed by atoms with Crippen molar-refractivity contribution < 1.29 is 9.59 Å². The molecule has 0 bridgehead atoms. The summed E-state index contributed by atoms with van der Waals surface area (Å²) in [5.74, 6) is -0.389. The predicted octanol–water partition coefficient (Wildman–Crippen LogP) is 5.69. The SMILES string of the molecule is CC(=O)Nc1cc(C(=O)NCc2ccc(C)cc2)ccc1Sc1ccc(Cl)cc1. The molecular weight excluding hydrogens is 404 g/mol. The van der Waals surface area contributed by atoms with Gasteiger partial charge in [0.15, 0.2) is 0 Å². The van der Waals surface area contributed by atoms with Crippen molar-refractivity contribution in [2.75, 3.05) is 5.32 Å². The number of aryl methyl sites for hydroxylation is 1. The van der Waals surface area contributed by atoms with Crippen molar-refractivity contribution in [3.05, 3.63) is 88.4 Å². The van der Waals surface area contributed by atoms with E-state index < -0.39 is 0 Å². The minimum Gasteiger partial charge on any atom is -0.348 e. The minimum absolute atomic E-state index is 0.194. The Labute approximate surface area is 179 Å². The number of carbonyl (C=O) groups excluding carboxylic acids is 2. The molecule has 6 heteroatoms. The van der Waals surface area contributed by atoms with E-state index in [0.717, 1.165) is 15.4 Å². The van der Waals surface area contributed by atoms with Crippen LogP contribution in [0.15, 0.2) is 76.5 Å². The Morgan fingerprint density at radius 3 is 2.31 bits per heavy atom. The second-order valence-electron chi connectivity index (χ2n) is 6.62. The number of benzene rings is 3. The number of hydrogen-bond donors (Lipinski definition) is 2. The van der Waals surface area contributed by atoms with E-state index in [4.69, 9.17) is 11.6 Å². The van der Waals surface area contributed by atoms with E-state index in [1.807, 2.05) is 61.5 Å². The monoisotopic (exact) mass is 424 g/mol. The highest BCUT2D eigenvalue weighted by molar-refractivity contribution is 7.99. The van der Waals surface area contributed by atoms with E-state index in [-0.39, 0.29) is 11.8 Å². The van der Waals surface area contributed by atoms with Crippen LogP contribution in [0.25, 0.3) is 0 Å². The van der Waals surface area contributed by atoms with Gasteiger partial charge in [0.25, 0.3) is 5.91 Å². The summed E-state index contributed by atoms with van der Waals surface area (Å²) >= 11 is 7.43. The summed E-state index contributed by atoms with van der Waals surface area (Å²) in [6.07, 6.45) is 0. The zero-order valence-electron chi connectivity index (χ0n) is 16.2. The molecule has 0 spiro atoms. The van der Waals surface area contributed by atoms with Crippen LogP contribution in [0.4, 0.5) is 5.69 Å². The normalized spacial score (nSPS) is 10.4. The lowest BCUT2D eigenvalue weighted by Gasteiger charge is -2.12. The molecule has 0 radical (unpaired) electrons. The number of nitrogens with one attached hydrogen (secondary N) is 2. The first-order valence-electron chi connectivity index (χ1n) is 9.09. The maximum absolute atomic E-state index is 12.6. The van der Waals surface area contributed by atoms with Crippen LogP contribution in [0.5, 0.6) is 0 Å². The molecule has 0 saturated carbocycles. The molecule has 0 heterocycles. The number of hydrogen-bond acceptors (Lipinski definition) is 3. The van der Waals surface area contributed by atoms with Crippen molar-refractivity contribution in [3.8, 4) is 0 Å². The van der Waals surface area contributed by atoms with Crippen molar-refractivity contribution in [2.45, 2.75) is 30.2 Å². The fourth-order valence-corrected chi connectivity index (χ4v) is 3.68. The maximum Gasteiger partial charge on any atom is 0.251 e. The van der Waals surface area contributed by atoms with Gasteiger partial charge in [0.2, 0.25) is 5.91 Å². The van der Waals surface area contributed by atoms with Crippen molar-refractivity contribution >= 4 is 40.9 Å². The van der Waals surface area contributed by atoms with Gasteiger partial charge in [-0.05, 0) is 55.0 Å². The van der Waals surface area contributed by atoms with Crippen molar-refractivity contribution in [2.24, 2.45) is 0 Å². The highest BCUT2D eigenvalue weighted by Crippen LogP contribution is 2.34. The molecule has 3 aromatic carbocycles. The molecule has 3 rings (SSSR count). The third-order valence-corrected chi connectivity index (χ3v) is 5.50. The molecular formula is C23H21ClN2O2S. The molecule has 0 saturated heterocycles. The van der Waals surface area contributed by atoms with Crippen LogP contribution in [0, 0.1) is 6.92 Å². The Morgan fingerprint density at radius 2 is 1.66 bits per heavy atom. The number of amides is 2. The standard InChI is InChI=1S/C23H21ClN2O2S/c1-15-3-5-17(6-4-15)14-25-23(28)18-7-12-22(21(13-18)26-16(2)27)29-20-10-8-19(24)9-11-20/h3-13H,14H2,1-2H3,(H,25,28)(H,26,27). The molecule has 0 aliphatic heterocycles. The molecule has 0 aliphatic carbocycles. The molecule has 0 unspecified atom stereocenters. The van der Waals surface area contributed by atoms with Gasteiger partial charge in [0, 0.05) is 33.8 Å². The van der Waals surface area contributed by atoms with Gasteiger partial charge in [-0.25, -0.2) is 0 Å². The summed E-state index contributed by atoms with van der Waals surface area (Å²) < 4.78 is 0. The molecule has 0 fully saturated rings. The Bertz CT molecular complexity index is 1020. The molecule has 29 heavy (non-hydrogen) atoms. The average molecular weight is 425 g/mol. The Balaban J connectivity index is 1.76. The molecule has 0 aliphatic rings. The van der Waals surface area contributed by atoms with Crippen molar-refractivity contribution in [1.82, 2.24) is 5.32 Å². The summed E-state index contributed by atoms with van der Waals surface area (Å²) in [7, 11) is 0. The lowest BCUT2D eigenvalue weighted by Crippen LogP contribution is -2.23. The van der Waals surface area contributed by atoms with Crippen LogP contribution in [0.2, 0.25) is 5.02 Å². The van der Waals surface area contributed by atoms with Gasteiger partial charge in [0.1, 0.15) is 0 Å². The summed E-state index contributed by atoms with van der Waals surface area (Å²) in [5.41, 5.74) is 3.29. The zero-order chi connectivity index (χ0) is 20.8. The number of carbonyl (C=O) groups is 2.